The molecule has 3 nitrogen and oxygen atoms in total. The van der Waals surface area contributed by atoms with E-state index in [-0.39, 0.29) is 11.4 Å². The zero-order valence-corrected chi connectivity index (χ0v) is 13.6. The molecule has 1 aromatic rings. The van der Waals surface area contributed by atoms with Crippen LogP contribution < -0.4 is 0 Å². The predicted molar refractivity (Wildman–Crippen MR) is 84.8 cm³/mol. The normalized spacial score (nSPS) is 26.2. The monoisotopic (exact) mass is 289 g/mol. The fourth-order valence-corrected chi connectivity index (χ4v) is 3.69. The van der Waals surface area contributed by atoms with Gasteiger partial charge in [-0.3, -0.25) is 9.69 Å². The standard InChI is InChI=1S/C18H27NO2/c1-14(2)10-18(17(20)21-4)13-19(11-15(18)3)12-16-8-6-5-7-9-16/h5-9,14-15H,10-13H2,1-4H3/t15-,18-/m1/s1. The van der Waals surface area contributed by atoms with Gasteiger partial charge in [-0.25, -0.2) is 0 Å². The van der Waals surface area contributed by atoms with Crippen LogP contribution in [0.2, 0.25) is 0 Å². The minimum absolute atomic E-state index is 0.0424. The molecule has 1 aliphatic heterocycles. The fourth-order valence-electron chi connectivity index (χ4n) is 3.69. The number of carbonyl (C=O) groups excluding carboxylic acids is 1. The lowest BCUT2D eigenvalue weighted by Gasteiger charge is -2.31. The molecule has 1 heterocycles. The van der Waals surface area contributed by atoms with E-state index in [0.29, 0.717) is 11.8 Å². The van der Waals surface area contributed by atoms with E-state index >= 15 is 0 Å². The summed E-state index contributed by atoms with van der Waals surface area (Å²) in [5, 5.41) is 0. The highest BCUT2D eigenvalue weighted by Crippen LogP contribution is 2.42. The van der Waals surface area contributed by atoms with Gasteiger partial charge in [0, 0.05) is 19.6 Å². The molecule has 1 aromatic carbocycles. The van der Waals surface area contributed by atoms with Crippen molar-refractivity contribution in [3.05, 3.63) is 35.9 Å². The molecule has 0 aromatic heterocycles. The lowest BCUT2D eigenvalue weighted by Crippen LogP contribution is -2.40. The summed E-state index contributed by atoms with van der Waals surface area (Å²) >= 11 is 0. The van der Waals surface area contributed by atoms with Crippen LogP contribution in [0.25, 0.3) is 0 Å². The maximum absolute atomic E-state index is 12.4. The van der Waals surface area contributed by atoms with Gasteiger partial charge in [0.15, 0.2) is 0 Å². The molecule has 116 valence electrons. The van der Waals surface area contributed by atoms with Gasteiger partial charge in [0.25, 0.3) is 0 Å². The van der Waals surface area contributed by atoms with Gasteiger partial charge < -0.3 is 4.74 Å². The van der Waals surface area contributed by atoms with Gasteiger partial charge in [0.05, 0.1) is 12.5 Å². The third kappa shape index (κ3) is 3.46. The Morgan fingerprint density at radius 2 is 2.05 bits per heavy atom. The highest BCUT2D eigenvalue weighted by Gasteiger charge is 2.50. The summed E-state index contributed by atoms with van der Waals surface area (Å²) in [6, 6.07) is 10.5. The number of hydrogen-bond donors (Lipinski definition) is 0. The molecule has 3 heteroatoms. The smallest absolute Gasteiger partial charge is 0.313 e. The number of methoxy groups -OCH3 is 1. The first-order valence-corrected chi connectivity index (χ1v) is 7.82. The van der Waals surface area contributed by atoms with E-state index in [9.17, 15) is 4.79 Å². The highest BCUT2D eigenvalue weighted by molar-refractivity contribution is 5.78. The molecule has 0 N–H and O–H groups in total. The highest BCUT2D eigenvalue weighted by atomic mass is 16.5. The van der Waals surface area contributed by atoms with Crippen LogP contribution in [-0.2, 0) is 16.1 Å². The number of likely N-dealkylation sites (tertiary alicyclic amines) is 1. The Hall–Kier alpha value is -1.35. The van der Waals surface area contributed by atoms with Crippen molar-refractivity contribution < 1.29 is 9.53 Å². The number of hydrogen-bond acceptors (Lipinski definition) is 3. The van der Waals surface area contributed by atoms with E-state index in [1.165, 1.54) is 12.7 Å². The van der Waals surface area contributed by atoms with E-state index in [1.54, 1.807) is 0 Å². The topological polar surface area (TPSA) is 29.5 Å². The van der Waals surface area contributed by atoms with Gasteiger partial charge in [-0.2, -0.15) is 0 Å². The molecule has 0 bridgehead atoms. The molecule has 0 saturated carbocycles. The Bertz CT molecular complexity index is 471. The molecule has 0 spiro atoms. The van der Waals surface area contributed by atoms with Crippen LogP contribution in [0.15, 0.2) is 30.3 Å². The summed E-state index contributed by atoms with van der Waals surface area (Å²) in [4.78, 5) is 14.8. The van der Waals surface area contributed by atoms with Gasteiger partial charge in [-0.15, -0.1) is 0 Å². The number of carbonyl (C=O) groups is 1. The molecule has 0 unspecified atom stereocenters. The number of nitrogens with zero attached hydrogens (tertiary/aromatic N) is 1. The first kappa shape index (κ1) is 16.0. The van der Waals surface area contributed by atoms with Crippen molar-refractivity contribution in [3.8, 4) is 0 Å². The summed E-state index contributed by atoms with van der Waals surface area (Å²) in [6.07, 6.45) is 0.895. The van der Waals surface area contributed by atoms with E-state index in [1.807, 2.05) is 6.07 Å². The Kier molecular flexibility index (Phi) is 5.04. The van der Waals surface area contributed by atoms with Crippen molar-refractivity contribution in [2.45, 2.75) is 33.7 Å². The molecule has 0 radical (unpaired) electrons. The second-order valence-corrected chi connectivity index (χ2v) is 6.80. The van der Waals surface area contributed by atoms with Crippen molar-refractivity contribution in [2.75, 3.05) is 20.2 Å². The second-order valence-electron chi connectivity index (χ2n) is 6.80. The minimum atomic E-state index is -0.350. The summed E-state index contributed by atoms with van der Waals surface area (Å²) < 4.78 is 5.14. The summed E-state index contributed by atoms with van der Waals surface area (Å²) in [5.41, 5.74) is 0.951. The average molecular weight is 289 g/mol. The number of benzene rings is 1. The summed E-state index contributed by atoms with van der Waals surface area (Å²) in [7, 11) is 1.51. The van der Waals surface area contributed by atoms with E-state index in [4.69, 9.17) is 4.74 Å². The third-order valence-electron chi connectivity index (χ3n) is 4.59. The van der Waals surface area contributed by atoms with Crippen molar-refractivity contribution >= 4 is 5.97 Å². The van der Waals surface area contributed by atoms with Crippen LogP contribution in [0.3, 0.4) is 0 Å². The molecular formula is C18H27NO2. The molecule has 1 fully saturated rings. The molecule has 2 rings (SSSR count). The van der Waals surface area contributed by atoms with E-state index in [2.05, 4.69) is 49.9 Å². The van der Waals surface area contributed by atoms with Gasteiger partial charge in [0.2, 0.25) is 0 Å². The Morgan fingerprint density at radius 1 is 1.38 bits per heavy atom. The molecular weight excluding hydrogens is 262 g/mol. The first-order chi connectivity index (χ1) is 9.98. The number of ether oxygens (including phenoxy) is 1. The lowest BCUT2D eigenvalue weighted by molar-refractivity contribution is -0.155. The number of esters is 1. The fraction of sp³-hybridized carbons (Fsp3) is 0.611. The van der Waals surface area contributed by atoms with Gasteiger partial charge in [0.1, 0.15) is 0 Å². The van der Waals surface area contributed by atoms with Crippen molar-refractivity contribution in [3.63, 3.8) is 0 Å². The Balaban J connectivity index is 2.14. The Morgan fingerprint density at radius 3 is 2.62 bits per heavy atom. The number of rotatable bonds is 5. The SMILES string of the molecule is COC(=O)[C@]1(CC(C)C)CN(Cc2ccccc2)C[C@H]1C. The van der Waals surface area contributed by atoms with Crippen LogP contribution in [0.1, 0.15) is 32.8 Å². The summed E-state index contributed by atoms with van der Waals surface area (Å²) in [6.45, 7) is 9.20. The summed E-state index contributed by atoms with van der Waals surface area (Å²) in [5.74, 6) is 0.776. The predicted octanol–water partition coefficient (Wildman–Crippen LogP) is 3.34. The average Bonchev–Trinajstić information content (AvgIpc) is 2.75. The van der Waals surface area contributed by atoms with Crippen molar-refractivity contribution in [2.24, 2.45) is 17.3 Å². The van der Waals surface area contributed by atoms with Crippen LogP contribution in [0.5, 0.6) is 0 Å². The first-order valence-electron chi connectivity index (χ1n) is 7.82. The largest absolute Gasteiger partial charge is 0.469 e. The van der Waals surface area contributed by atoms with Crippen molar-refractivity contribution in [1.82, 2.24) is 4.90 Å². The molecule has 1 aliphatic rings. The zero-order valence-electron chi connectivity index (χ0n) is 13.6. The molecule has 0 amide bonds. The van der Waals surface area contributed by atoms with Gasteiger partial charge in [-0.05, 0) is 23.8 Å². The zero-order chi connectivity index (χ0) is 15.5. The van der Waals surface area contributed by atoms with Crippen LogP contribution >= 0.6 is 0 Å². The van der Waals surface area contributed by atoms with Crippen LogP contribution in [-0.4, -0.2) is 31.1 Å². The maximum atomic E-state index is 12.4. The quantitative estimate of drug-likeness (QED) is 0.779. The van der Waals surface area contributed by atoms with E-state index in [0.717, 1.165) is 26.1 Å². The van der Waals surface area contributed by atoms with Crippen LogP contribution in [0.4, 0.5) is 0 Å². The molecule has 21 heavy (non-hydrogen) atoms. The molecule has 2 atom stereocenters. The lowest BCUT2D eigenvalue weighted by atomic mass is 9.73. The minimum Gasteiger partial charge on any atom is -0.469 e. The van der Waals surface area contributed by atoms with Gasteiger partial charge in [-0.1, -0.05) is 51.1 Å². The molecule has 1 saturated heterocycles. The maximum Gasteiger partial charge on any atom is 0.313 e. The van der Waals surface area contributed by atoms with E-state index < -0.39 is 0 Å². The van der Waals surface area contributed by atoms with Crippen LogP contribution in [0, 0.1) is 17.3 Å². The third-order valence-corrected chi connectivity index (χ3v) is 4.59. The Labute approximate surface area is 128 Å². The van der Waals surface area contributed by atoms with Crippen molar-refractivity contribution in [1.29, 1.82) is 0 Å². The van der Waals surface area contributed by atoms with Gasteiger partial charge >= 0.3 is 5.97 Å². The molecule has 0 aliphatic carbocycles. The second kappa shape index (κ2) is 6.61.